The van der Waals surface area contributed by atoms with Crippen LogP contribution in [0.2, 0.25) is 0 Å². The highest BCUT2D eigenvalue weighted by atomic mass is 16.6. The minimum Gasteiger partial charge on any atom is -0.458 e. The van der Waals surface area contributed by atoms with Gasteiger partial charge in [0.2, 0.25) is 0 Å². The number of rotatable bonds is 1. The normalized spacial score (nSPS) is 39.6. The van der Waals surface area contributed by atoms with Crippen LogP contribution in [0.15, 0.2) is 27.4 Å². The van der Waals surface area contributed by atoms with E-state index >= 15 is 0 Å². The molecule has 5 nitrogen and oxygen atoms in total. The summed E-state index contributed by atoms with van der Waals surface area (Å²) in [6, 6.07) is 1.49. The van der Waals surface area contributed by atoms with E-state index in [1.807, 2.05) is 32.9 Å². The van der Waals surface area contributed by atoms with E-state index in [2.05, 4.69) is 6.92 Å². The van der Waals surface area contributed by atoms with Gasteiger partial charge in [-0.3, -0.25) is 4.79 Å². The molecule has 1 aromatic heterocycles. The van der Waals surface area contributed by atoms with Crippen molar-refractivity contribution in [2.45, 2.75) is 57.7 Å². The molecule has 24 heavy (non-hydrogen) atoms. The lowest BCUT2D eigenvalue weighted by atomic mass is 9.51. The molecular formula is C19H22O5. The van der Waals surface area contributed by atoms with E-state index in [4.69, 9.17) is 9.15 Å². The molecular weight excluding hydrogens is 308 g/mol. The molecule has 128 valence electrons. The molecule has 0 bridgehead atoms. The Morgan fingerprint density at radius 3 is 2.67 bits per heavy atom. The van der Waals surface area contributed by atoms with Gasteiger partial charge < -0.3 is 14.3 Å². The van der Waals surface area contributed by atoms with E-state index in [0.717, 1.165) is 5.56 Å². The lowest BCUT2D eigenvalue weighted by molar-refractivity contribution is -0.150. The molecule has 1 saturated heterocycles. The van der Waals surface area contributed by atoms with Crippen LogP contribution < -0.4 is 5.63 Å². The van der Waals surface area contributed by atoms with Crippen molar-refractivity contribution in [2.24, 2.45) is 11.3 Å². The van der Waals surface area contributed by atoms with Crippen molar-refractivity contribution in [1.29, 1.82) is 0 Å². The first-order chi connectivity index (χ1) is 11.2. The Morgan fingerprint density at radius 2 is 2.00 bits per heavy atom. The van der Waals surface area contributed by atoms with Gasteiger partial charge in [-0.15, -0.1) is 0 Å². The number of aliphatic hydroxyl groups excluding tert-OH is 1. The Balaban J connectivity index is 2.06. The quantitative estimate of drug-likeness (QED) is 0.632. The van der Waals surface area contributed by atoms with Gasteiger partial charge in [0, 0.05) is 28.9 Å². The van der Waals surface area contributed by atoms with Crippen molar-refractivity contribution in [3.63, 3.8) is 0 Å². The predicted octanol–water partition coefficient (Wildman–Crippen LogP) is 2.58. The molecule has 1 N–H and O–H groups in total. The molecule has 0 spiro atoms. The van der Waals surface area contributed by atoms with Crippen molar-refractivity contribution >= 4 is 5.97 Å². The molecule has 0 radical (unpaired) electrons. The maximum absolute atomic E-state index is 12.5. The average Bonchev–Trinajstić information content (AvgIpc) is 2.78. The molecule has 5 atom stereocenters. The molecule has 2 heterocycles. The van der Waals surface area contributed by atoms with Crippen molar-refractivity contribution in [3.05, 3.63) is 45.5 Å². The van der Waals surface area contributed by atoms with Gasteiger partial charge in [0.15, 0.2) is 0 Å². The van der Waals surface area contributed by atoms with E-state index in [-0.39, 0.29) is 17.8 Å². The van der Waals surface area contributed by atoms with E-state index in [1.165, 1.54) is 6.07 Å². The lowest BCUT2D eigenvalue weighted by Gasteiger charge is -2.50. The number of aliphatic hydroxyl groups is 1. The average molecular weight is 330 g/mol. The summed E-state index contributed by atoms with van der Waals surface area (Å²) in [6.07, 6.45) is 2.99. The van der Waals surface area contributed by atoms with Gasteiger partial charge in [0.25, 0.3) is 0 Å². The number of hydrogen-bond acceptors (Lipinski definition) is 5. The Hall–Kier alpha value is -1.88. The molecule has 4 rings (SSSR count). The zero-order valence-corrected chi connectivity index (χ0v) is 14.3. The molecule has 5 heteroatoms. The van der Waals surface area contributed by atoms with Gasteiger partial charge in [-0.1, -0.05) is 32.9 Å². The van der Waals surface area contributed by atoms with Crippen LogP contribution in [-0.2, 0) is 14.9 Å². The van der Waals surface area contributed by atoms with Crippen LogP contribution >= 0.6 is 0 Å². The number of carbonyl (C=O) groups excluding carboxylic acids is 1. The van der Waals surface area contributed by atoms with E-state index < -0.39 is 28.7 Å². The number of ether oxygens (including phenoxy) is 1. The number of fused-ring (bicyclic) bond motifs is 2. The third-order valence-electron chi connectivity index (χ3n) is 6.12. The molecule has 0 aromatic carbocycles. The Bertz CT molecular complexity index is 820. The standard InChI is InChI=1S/C19H22O5/c1-9(2)14-12-10(8-11(20)23-14)18(3)6-5-7-19(4)16(18)15(13(12)21)24-17(19)22/h5,7-9,13,15-16,21H,6H2,1-4H3/t13-,15-,16-,18-,19+/m1/s1. The molecule has 0 saturated carbocycles. The minimum absolute atomic E-state index is 0.0509. The fourth-order valence-electron chi connectivity index (χ4n) is 5.07. The van der Waals surface area contributed by atoms with Gasteiger partial charge in [0.05, 0.1) is 5.41 Å². The Labute approximate surface area is 140 Å². The van der Waals surface area contributed by atoms with E-state index in [0.29, 0.717) is 17.7 Å². The van der Waals surface area contributed by atoms with Crippen molar-refractivity contribution in [1.82, 2.24) is 0 Å². The lowest BCUT2D eigenvalue weighted by Crippen LogP contribution is -2.52. The highest BCUT2D eigenvalue weighted by Gasteiger charge is 2.66. The fraction of sp³-hybridized carbons (Fsp3) is 0.579. The van der Waals surface area contributed by atoms with Gasteiger partial charge in [0.1, 0.15) is 18.0 Å². The summed E-state index contributed by atoms with van der Waals surface area (Å²) in [5, 5.41) is 11.0. The number of hydrogen-bond donors (Lipinski definition) is 1. The van der Waals surface area contributed by atoms with E-state index in [1.54, 1.807) is 0 Å². The Kier molecular flexibility index (Phi) is 3.00. The summed E-state index contributed by atoms with van der Waals surface area (Å²) in [5.74, 6) is -0.0716. The molecule has 1 aliphatic heterocycles. The van der Waals surface area contributed by atoms with Crippen LogP contribution in [-0.4, -0.2) is 17.2 Å². The van der Waals surface area contributed by atoms with Crippen LogP contribution in [0.25, 0.3) is 0 Å². The second kappa shape index (κ2) is 4.60. The number of allylic oxidation sites excluding steroid dienone is 1. The first kappa shape index (κ1) is 15.6. The van der Waals surface area contributed by atoms with Gasteiger partial charge in [-0.25, -0.2) is 4.79 Å². The van der Waals surface area contributed by atoms with Crippen molar-refractivity contribution < 1.29 is 19.1 Å². The maximum atomic E-state index is 12.5. The highest BCUT2D eigenvalue weighted by molar-refractivity contribution is 5.83. The third kappa shape index (κ3) is 1.68. The topological polar surface area (TPSA) is 76.7 Å². The van der Waals surface area contributed by atoms with Crippen LogP contribution in [0, 0.1) is 11.3 Å². The van der Waals surface area contributed by atoms with Crippen molar-refractivity contribution in [3.8, 4) is 0 Å². The molecule has 1 aromatic rings. The van der Waals surface area contributed by atoms with Crippen LogP contribution in [0.1, 0.15) is 63.0 Å². The van der Waals surface area contributed by atoms with Gasteiger partial charge in [-0.05, 0) is 18.9 Å². The second-order valence-corrected chi connectivity index (χ2v) is 8.01. The first-order valence-electron chi connectivity index (χ1n) is 8.45. The minimum atomic E-state index is -0.975. The predicted molar refractivity (Wildman–Crippen MR) is 86.6 cm³/mol. The summed E-state index contributed by atoms with van der Waals surface area (Å²) in [5.41, 5.74) is -0.213. The zero-order chi connectivity index (χ0) is 17.4. The first-order valence-corrected chi connectivity index (χ1v) is 8.45. The number of esters is 1. The summed E-state index contributed by atoms with van der Waals surface area (Å²) in [6.45, 7) is 7.76. The molecule has 0 unspecified atom stereocenters. The second-order valence-electron chi connectivity index (χ2n) is 8.01. The summed E-state index contributed by atoms with van der Waals surface area (Å²) in [4.78, 5) is 24.7. The van der Waals surface area contributed by atoms with Crippen molar-refractivity contribution in [2.75, 3.05) is 0 Å². The van der Waals surface area contributed by atoms with E-state index in [9.17, 15) is 14.7 Å². The SMILES string of the molecule is CC(C)c1oc(=O)cc2c1[C@@H](O)[C@H]1OC(=O)[C@@]3(C)C=CC[C@@]2(C)[C@@H]13. The van der Waals surface area contributed by atoms with Crippen LogP contribution in [0.3, 0.4) is 0 Å². The largest absolute Gasteiger partial charge is 0.458 e. The van der Waals surface area contributed by atoms with Crippen LogP contribution in [0.4, 0.5) is 0 Å². The summed E-state index contributed by atoms with van der Waals surface area (Å²) in [7, 11) is 0. The third-order valence-corrected chi connectivity index (χ3v) is 6.12. The molecule has 0 amide bonds. The fourth-order valence-corrected chi connectivity index (χ4v) is 5.07. The number of carbonyl (C=O) groups is 1. The monoisotopic (exact) mass is 330 g/mol. The van der Waals surface area contributed by atoms with Gasteiger partial charge in [-0.2, -0.15) is 0 Å². The zero-order valence-electron chi connectivity index (χ0n) is 14.3. The van der Waals surface area contributed by atoms with Gasteiger partial charge >= 0.3 is 11.6 Å². The van der Waals surface area contributed by atoms with Crippen LogP contribution in [0.5, 0.6) is 0 Å². The summed E-state index contributed by atoms with van der Waals surface area (Å²) >= 11 is 0. The molecule has 3 aliphatic rings. The Morgan fingerprint density at radius 1 is 1.29 bits per heavy atom. The molecule has 1 fully saturated rings. The molecule has 2 aliphatic carbocycles. The highest BCUT2D eigenvalue weighted by Crippen LogP contribution is 2.61. The maximum Gasteiger partial charge on any atom is 0.336 e. The summed E-state index contributed by atoms with van der Waals surface area (Å²) < 4.78 is 11.0. The smallest absolute Gasteiger partial charge is 0.336 e.